The van der Waals surface area contributed by atoms with Crippen LogP contribution in [-0.2, 0) is 7.05 Å². The van der Waals surface area contributed by atoms with E-state index < -0.39 is 0 Å². The number of hydrogen-bond acceptors (Lipinski definition) is 4. The smallest absolute Gasteiger partial charge is 0.163 e. The summed E-state index contributed by atoms with van der Waals surface area (Å²) in [5, 5.41) is 5.38. The van der Waals surface area contributed by atoms with Crippen LogP contribution in [-0.4, -0.2) is 32.3 Å². The van der Waals surface area contributed by atoms with E-state index in [9.17, 15) is 0 Å². The van der Waals surface area contributed by atoms with Crippen LogP contribution in [0, 0.1) is 5.41 Å². The molecule has 2 aromatic heterocycles. The highest BCUT2D eigenvalue weighted by Crippen LogP contribution is 2.34. The van der Waals surface area contributed by atoms with Gasteiger partial charge < -0.3 is 4.90 Å². The molecule has 1 atom stereocenters. The van der Waals surface area contributed by atoms with Crippen molar-refractivity contribution in [3.05, 3.63) is 12.5 Å². The summed E-state index contributed by atoms with van der Waals surface area (Å²) in [4.78, 5) is 11.3. The molecule has 20 heavy (non-hydrogen) atoms. The number of hydrogen-bond donors (Lipinski definition) is 0. The Bertz CT molecular complexity index is 610. The molecule has 0 aliphatic carbocycles. The van der Waals surface area contributed by atoms with E-state index in [1.54, 1.807) is 6.33 Å². The van der Waals surface area contributed by atoms with Gasteiger partial charge in [0.05, 0.1) is 11.6 Å². The molecule has 3 heterocycles. The molecule has 0 radical (unpaired) electrons. The lowest BCUT2D eigenvalue weighted by atomic mass is 9.87. The molecule has 0 spiro atoms. The number of nitrogens with zero attached hydrogens (tertiary/aromatic N) is 5. The van der Waals surface area contributed by atoms with Crippen molar-refractivity contribution in [1.82, 2.24) is 19.7 Å². The van der Waals surface area contributed by atoms with Gasteiger partial charge in [-0.1, -0.05) is 20.8 Å². The summed E-state index contributed by atoms with van der Waals surface area (Å²) >= 11 is 0. The average Bonchev–Trinajstić information content (AvgIpc) is 2.95. The summed E-state index contributed by atoms with van der Waals surface area (Å²) in [7, 11) is 1.93. The molecule has 0 bridgehead atoms. The van der Waals surface area contributed by atoms with Crippen LogP contribution >= 0.6 is 0 Å². The van der Waals surface area contributed by atoms with Crippen LogP contribution in [0.3, 0.4) is 0 Å². The first-order valence-corrected chi connectivity index (χ1v) is 7.35. The number of fused-ring (bicyclic) bond motifs is 1. The van der Waals surface area contributed by atoms with Crippen molar-refractivity contribution < 1.29 is 0 Å². The lowest BCUT2D eigenvalue weighted by Crippen LogP contribution is -2.33. The average molecular weight is 273 g/mol. The van der Waals surface area contributed by atoms with E-state index in [2.05, 4.69) is 40.7 Å². The molecule has 2 aromatic rings. The molecule has 1 saturated heterocycles. The first kappa shape index (κ1) is 13.3. The molecule has 5 heteroatoms. The molecule has 0 saturated carbocycles. The largest absolute Gasteiger partial charge is 0.353 e. The highest BCUT2D eigenvalue weighted by molar-refractivity contribution is 5.86. The summed E-state index contributed by atoms with van der Waals surface area (Å²) in [6.07, 6.45) is 7.23. The van der Waals surface area contributed by atoms with Crippen LogP contribution in [0.4, 0.5) is 5.82 Å². The topological polar surface area (TPSA) is 46.8 Å². The fourth-order valence-electron chi connectivity index (χ4n) is 3.21. The summed E-state index contributed by atoms with van der Waals surface area (Å²) in [6, 6.07) is 0.577. The van der Waals surface area contributed by atoms with Crippen molar-refractivity contribution in [2.24, 2.45) is 12.5 Å². The fourth-order valence-corrected chi connectivity index (χ4v) is 3.21. The molecule has 0 N–H and O–H groups in total. The summed E-state index contributed by atoms with van der Waals surface area (Å²) in [5.41, 5.74) is 1.25. The Hall–Kier alpha value is -1.65. The normalized spacial score (nSPS) is 20.0. The first-order valence-electron chi connectivity index (χ1n) is 7.35. The van der Waals surface area contributed by atoms with E-state index in [1.165, 1.54) is 19.3 Å². The molecule has 1 aliphatic heterocycles. The zero-order valence-electron chi connectivity index (χ0n) is 12.8. The van der Waals surface area contributed by atoms with E-state index in [0.29, 0.717) is 11.5 Å². The molecule has 1 aliphatic rings. The molecular weight excluding hydrogens is 250 g/mol. The van der Waals surface area contributed by atoms with Gasteiger partial charge in [-0.05, 0) is 24.7 Å². The van der Waals surface area contributed by atoms with Crippen LogP contribution in [0.2, 0.25) is 0 Å². The molecule has 1 fully saturated rings. The Morgan fingerprint density at radius 3 is 2.85 bits per heavy atom. The zero-order valence-corrected chi connectivity index (χ0v) is 12.8. The van der Waals surface area contributed by atoms with Gasteiger partial charge in [-0.25, -0.2) is 9.97 Å². The van der Waals surface area contributed by atoms with Gasteiger partial charge in [0, 0.05) is 19.6 Å². The Kier molecular flexibility index (Phi) is 3.15. The van der Waals surface area contributed by atoms with E-state index in [-0.39, 0.29) is 0 Å². The van der Waals surface area contributed by atoms with E-state index in [0.717, 1.165) is 23.4 Å². The minimum atomic E-state index is 0.342. The molecule has 0 amide bonds. The van der Waals surface area contributed by atoms with Gasteiger partial charge in [-0.2, -0.15) is 5.10 Å². The second-order valence-corrected chi connectivity index (χ2v) is 6.96. The zero-order chi connectivity index (χ0) is 14.3. The highest BCUT2D eigenvalue weighted by Gasteiger charge is 2.30. The van der Waals surface area contributed by atoms with Crippen molar-refractivity contribution in [3.63, 3.8) is 0 Å². The van der Waals surface area contributed by atoms with E-state index in [4.69, 9.17) is 0 Å². The van der Waals surface area contributed by atoms with Gasteiger partial charge in [0.25, 0.3) is 0 Å². The van der Waals surface area contributed by atoms with Crippen molar-refractivity contribution in [1.29, 1.82) is 0 Å². The number of aromatic nitrogens is 4. The molecule has 108 valence electrons. The Balaban J connectivity index is 1.97. The first-order chi connectivity index (χ1) is 9.46. The van der Waals surface area contributed by atoms with Gasteiger partial charge >= 0.3 is 0 Å². The molecule has 0 aromatic carbocycles. The minimum Gasteiger partial charge on any atom is -0.353 e. The summed E-state index contributed by atoms with van der Waals surface area (Å²) in [6.45, 7) is 8.01. The fraction of sp³-hybridized carbons (Fsp3) is 0.667. The summed E-state index contributed by atoms with van der Waals surface area (Å²) in [5.74, 6) is 1.05. The van der Waals surface area contributed by atoms with Gasteiger partial charge in [0.15, 0.2) is 5.65 Å². The summed E-state index contributed by atoms with van der Waals surface area (Å²) < 4.78 is 1.81. The minimum absolute atomic E-state index is 0.342. The van der Waals surface area contributed by atoms with Crippen molar-refractivity contribution >= 4 is 16.9 Å². The lowest BCUT2D eigenvalue weighted by molar-refractivity contribution is 0.339. The third-order valence-corrected chi connectivity index (χ3v) is 4.01. The Labute approximate surface area is 120 Å². The monoisotopic (exact) mass is 273 g/mol. The molecule has 3 rings (SSSR count). The Morgan fingerprint density at radius 1 is 1.30 bits per heavy atom. The van der Waals surface area contributed by atoms with Crippen LogP contribution < -0.4 is 4.90 Å². The standard InChI is InChI=1S/C15H23N5/c1-15(2,3)8-11-6-5-7-20(11)14-12-9-18-19(4)13(12)16-10-17-14/h9-11H,5-8H2,1-4H3/t11-/m1/s1. The predicted molar refractivity (Wildman–Crippen MR) is 80.7 cm³/mol. The van der Waals surface area contributed by atoms with E-state index >= 15 is 0 Å². The van der Waals surface area contributed by atoms with Crippen LogP contribution in [0.15, 0.2) is 12.5 Å². The third-order valence-electron chi connectivity index (χ3n) is 4.01. The molecular formula is C15H23N5. The lowest BCUT2D eigenvalue weighted by Gasteiger charge is -2.31. The Morgan fingerprint density at radius 2 is 2.10 bits per heavy atom. The molecule has 0 unspecified atom stereocenters. The van der Waals surface area contributed by atoms with Gasteiger partial charge in [0.1, 0.15) is 12.1 Å². The molecule has 5 nitrogen and oxygen atoms in total. The predicted octanol–water partition coefficient (Wildman–Crippen LogP) is 2.77. The van der Waals surface area contributed by atoms with Gasteiger partial charge in [-0.3, -0.25) is 4.68 Å². The number of anilines is 1. The maximum Gasteiger partial charge on any atom is 0.163 e. The van der Waals surface area contributed by atoms with Crippen molar-refractivity contribution in [2.45, 2.75) is 46.1 Å². The van der Waals surface area contributed by atoms with Crippen molar-refractivity contribution in [3.8, 4) is 0 Å². The van der Waals surface area contributed by atoms with Crippen LogP contribution in [0.5, 0.6) is 0 Å². The van der Waals surface area contributed by atoms with Crippen LogP contribution in [0.1, 0.15) is 40.0 Å². The maximum absolute atomic E-state index is 4.54. The van der Waals surface area contributed by atoms with Gasteiger partial charge in [0.2, 0.25) is 0 Å². The van der Waals surface area contributed by atoms with Gasteiger partial charge in [-0.15, -0.1) is 0 Å². The van der Waals surface area contributed by atoms with E-state index in [1.807, 2.05) is 17.9 Å². The quantitative estimate of drug-likeness (QED) is 0.844. The third kappa shape index (κ3) is 2.37. The number of rotatable bonds is 2. The second-order valence-electron chi connectivity index (χ2n) is 6.96. The highest BCUT2D eigenvalue weighted by atomic mass is 15.3. The number of aryl methyl sites for hydroxylation is 1. The van der Waals surface area contributed by atoms with Crippen molar-refractivity contribution in [2.75, 3.05) is 11.4 Å². The second kappa shape index (κ2) is 4.72. The SMILES string of the molecule is Cn1ncc2c(N3CCC[C@@H]3CC(C)(C)C)ncnc21. The maximum atomic E-state index is 4.54. The van der Waals surface area contributed by atoms with Crippen LogP contribution in [0.25, 0.3) is 11.0 Å².